The Bertz CT molecular complexity index is 1300. The average molecular weight is 674 g/mol. The van der Waals surface area contributed by atoms with E-state index in [1.54, 1.807) is 0 Å². The molecule has 4 aliphatic rings. The fraction of sp³-hybridized carbons (Fsp3) is 0.750. The highest BCUT2D eigenvalue weighted by molar-refractivity contribution is 5.79. The lowest BCUT2D eigenvalue weighted by Gasteiger charge is -2.50. The minimum Gasteiger partial charge on any atom is -0.508 e. The Morgan fingerprint density at radius 3 is 2.46 bits per heavy atom. The Morgan fingerprint density at radius 1 is 1.02 bits per heavy atom. The van der Waals surface area contributed by atoms with Gasteiger partial charge in [-0.2, -0.15) is 0 Å². The second kappa shape index (κ2) is 15.8. The predicted octanol–water partition coefficient (Wildman–Crippen LogP) is 1.79. The van der Waals surface area contributed by atoms with Crippen LogP contribution >= 0.6 is 0 Å². The van der Waals surface area contributed by atoms with E-state index in [1.807, 2.05) is 12.1 Å². The first kappa shape index (κ1) is 36.5. The molecule has 12 nitrogen and oxygen atoms in total. The Kier molecular flexibility index (Phi) is 12.1. The molecule has 11 atom stereocenters. The van der Waals surface area contributed by atoms with Crippen LogP contribution in [0, 0.1) is 23.2 Å². The van der Waals surface area contributed by atoms with Gasteiger partial charge >= 0.3 is 0 Å². The number of aromatic hydroxyl groups is 1. The van der Waals surface area contributed by atoms with Crippen molar-refractivity contribution in [3.63, 3.8) is 0 Å². The largest absolute Gasteiger partial charge is 0.508 e. The molecule has 11 unspecified atom stereocenters. The SMILES string of the molecule is COC1CCC(NC(=O)CCC(O)C(O)CCC(=O)NCCOC2CCC3C4CCc5cc(O)ccc5C4CCC23C)C(O)C1C(N)=O. The molecule has 0 radical (unpaired) electrons. The molecule has 268 valence electrons. The molecule has 0 spiro atoms. The van der Waals surface area contributed by atoms with Crippen molar-refractivity contribution in [1.82, 2.24) is 10.6 Å². The van der Waals surface area contributed by atoms with Gasteiger partial charge in [0.25, 0.3) is 0 Å². The van der Waals surface area contributed by atoms with E-state index in [4.69, 9.17) is 15.2 Å². The van der Waals surface area contributed by atoms with Gasteiger partial charge in [-0.3, -0.25) is 14.4 Å². The molecule has 0 saturated heterocycles. The van der Waals surface area contributed by atoms with Crippen molar-refractivity contribution in [3.8, 4) is 5.75 Å². The van der Waals surface area contributed by atoms with E-state index in [9.17, 15) is 34.8 Å². The Hall–Kier alpha value is -2.77. The van der Waals surface area contributed by atoms with Gasteiger partial charge in [0, 0.05) is 26.5 Å². The lowest BCUT2D eigenvalue weighted by atomic mass is 9.55. The quantitative estimate of drug-likeness (QED) is 0.144. The summed E-state index contributed by atoms with van der Waals surface area (Å²) in [5.41, 5.74) is 8.25. The summed E-state index contributed by atoms with van der Waals surface area (Å²) in [6.07, 6.45) is 3.45. The molecular weight excluding hydrogens is 618 g/mol. The number of aliphatic hydroxyl groups excluding tert-OH is 3. The molecule has 1 aromatic carbocycles. The van der Waals surface area contributed by atoms with Crippen LogP contribution in [-0.2, 0) is 30.3 Å². The molecule has 3 saturated carbocycles. The van der Waals surface area contributed by atoms with Crippen molar-refractivity contribution >= 4 is 17.7 Å². The third kappa shape index (κ3) is 7.99. The second-order valence-corrected chi connectivity index (χ2v) is 14.8. The summed E-state index contributed by atoms with van der Waals surface area (Å²) in [7, 11) is 1.44. The molecule has 5 rings (SSSR count). The number of hydrogen-bond acceptors (Lipinski definition) is 9. The molecular formula is C36H55N3O9. The van der Waals surface area contributed by atoms with Crippen LogP contribution in [0.1, 0.15) is 94.6 Å². The fourth-order valence-electron chi connectivity index (χ4n) is 9.43. The van der Waals surface area contributed by atoms with Crippen molar-refractivity contribution < 1.29 is 44.3 Å². The number of aryl methyl sites for hydroxylation is 1. The van der Waals surface area contributed by atoms with Crippen LogP contribution < -0.4 is 16.4 Å². The highest BCUT2D eigenvalue weighted by Crippen LogP contribution is 2.61. The van der Waals surface area contributed by atoms with E-state index in [2.05, 4.69) is 23.6 Å². The number of amides is 3. The summed E-state index contributed by atoms with van der Waals surface area (Å²) < 4.78 is 11.6. The lowest BCUT2D eigenvalue weighted by Crippen LogP contribution is -2.57. The Labute approximate surface area is 283 Å². The van der Waals surface area contributed by atoms with Crippen molar-refractivity contribution in [1.29, 1.82) is 0 Å². The van der Waals surface area contributed by atoms with Gasteiger partial charge in [-0.05, 0) is 111 Å². The molecule has 4 aliphatic carbocycles. The van der Waals surface area contributed by atoms with Gasteiger partial charge in [-0.1, -0.05) is 13.0 Å². The number of rotatable bonds is 14. The number of phenols is 1. The van der Waals surface area contributed by atoms with E-state index in [1.165, 1.54) is 18.2 Å². The first-order valence-electron chi connectivity index (χ1n) is 17.8. The number of hydrogen-bond donors (Lipinski definition) is 7. The standard InChI is InChI=1S/C36H55N3O9/c1-36-16-15-23-22-6-4-21(40)19-20(22)3-5-24(23)25(36)7-12-30(36)48-18-17-38-31(43)13-9-27(41)28(42)10-14-32(44)39-26-8-11-29(47-2)33(34(26)45)35(37)46/h4,6,19,23-30,33-34,40-42,45H,3,5,7-18H2,1-2H3,(H2,37,46)(H,38,43)(H,39,44). The number of carbonyl (C=O) groups excluding carboxylic acids is 3. The zero-order valence-electron chi connectivity index (χ0n) is 28.3. The predicted molar refractivity (Wildman–Crippen MR) is 177 cm³/mol. The van der Waals surface area contributed by atoms with E-state index in [-0.39, 0.29) is 43.1 Å². The molecule has 1 aromatic rings. The van der Waals surface area contributed by atoms with Crippen LogP contribution in [0.15, 0.2) is 18.2 Å². The van der Waals surface area contributed by atoms with Crippen molar-refractivity contribution in [3.05, 3.63) is 29.3 Å². The number of nitrogens with two attached hydrogens (primary N) is 1. The van der Waals surface area contributed by atoms with Gasteiger partial charge in [0.15, 0.2) is 0 Å². The van der Waals surface area contributed by atoms with Crippen LogP contribution in [-0.4, -0.2) is 95.0 Å². The third-order valence-electron chi connectivity index (χ3n) is 12.1. The molecule has 3 amide bonds. The van der Waals surface area contributed by atoms with Crippen molar-refractivity contribution in [2.24, 2.45) is 28.9 Å². The smallest absolute Gasteiger partial charge is 0.225 e. The summed E-state index contributed by atoms with van der Waals surface area (Å²) in [5.74, 6) is -0.160. The van der Waals surface area contributed by atoms with Gasteiger partial charge in [-0.25, -0.2) is 0 Å². The highest BCUT2D eigenvalue weighted by Gasteiger charge is 2.55. The maximum Gasteiger partial charge on any atom is 0.225 e. The number of phenolic OH excluding ortho intramolecular Hbond substituents is 1. The van der Waals surface area contributed by atoms with Crippen LogP contribution in [0.5, 0.6) is 5.75 Å². The van der Waals surface area contributed by atoms with E-state index in [0.29, 0.717) is 49.5 Å². The normalized spacial score (nSPS) is 33.9. The van der Waals surface area contributed by atoms with E-state index in [0.717, 1.165) is 38.5 Å². The summed E-state index contributed by atoms with van der Waals surface area (Å²) in [4.78, 5) is 36.8. The molecule has 3 fully saturated rings. The summed E-state index contributed by atoms with van der Waals surface area (Å²) >= 11 is 0. The molecule has 48 heavy (non-hydrogen) atoms. The highest BCUT2D eigenvalue weighted by atomic mass is 16.5. The number of methoxy groups -OCH3 is 1. The number of carbonyl (C=O) groups is 3. The monoisotopic (exact) mass is 673 g/mol. The topological polar surface area (TPSA) is 201 Å². The minimum atomic E-state index is -1.20. The number of ether oxygens (including phenoxy) is 2. The molecule has 12 heteroatoms. The lowest BCUT2D eigenvalue weighted by molar-refractivity contribution is -0.140. The Balaban J connectivity index is 0.968. The van der Waals surface area contributed by atoms with Crippen LogP contribution in [0.4, 0.5) is 0 Å². The first-order valence-corrected chi connectivity index (χ1v) is 17.8. The van der Waals surface area contributed by atoms with Gasteiger partial charge in [0.1, 0.15) is 5.75 Å². The molecule has 0 aromatic heterocycles. The summed E-state index contributed by atoms with van der Waals surface area (Å²) in [6, 6.07) is 5.21. The van der Waals surface area contributed by atoms with Crippen molar-refractivity contribution in [2.75, 3.05) is 20.3 Å². The molecule has 0 aliphatic heterocycles. The fourth-order valence-corrected chi connectivity index (χ4v) is 9.43. The zero-order valence-corrected chi connectivity index (χ0v) is 28.3. The van der Waals surface area contributed by atoms with Crippen LogP contribution in [0.2, 0.25) is 0 Å². The average Bonchev–Trinajstić information content (AvgIpc) is 3.40. The number of benzene rings is 1. The summed E-state index contributed by atoms with van der Waals surface area (Å²) in [6.45, 7) is 3.16. The van der Waals surface area contributed by atoms with Gasteiger partial charge in [0.2, 0.25) is 17.7 Å². The van der Waals surface area contributed by atoms with Gasteiger partial charge < -0.3 is 46.3 Å². The minimum absolute atomic E-state index is 0.0237. The number of nitrogens with one attached hydrogen (secondary N) is 2. The zero-order chi connectivity index (χ0) is 34.6. The van der Waals surface area contributed by atoms with Crippen LogP contribution in [0.3, 0.4) is 0 Å². The second-order valence-electron chi connectivity index (χ2n) is 14.8. The Morgan fingerprint density at radius 2 is 1.75 bits per heavy atom. The van der Waals surface area contributed by atoms with E-state index < -0.39 is 48.2 Å². The van der Waals surface area contributed by atoms with Crippen molar-refractivity contribution in [2.45, 2.75) is 126 Å². The maximum atomic E-state index is 12.5. The number of aliphatic hydroxyl groups is 3. The summed E-state index contributed by atoms with van der Waals surface area (Å²) in [5, 5.41) is 46.8. The third-order valence-corrected chi connectivity index (χ3v) is 12.1. The number of fused-ring (bicyclic) bond motifs is 5. The first-order chi connectivity index (χ1) is 22.9. The van der Waals surface area contributed by atoms with Gasteiger partial charge in [0.05, 0.1) is 49.1 Å². The molecule has 0 heterocycles. The molecule has 8 N–H and O–H groups in total. The number of primary amides is 1. The maximum absolute atomic E-state index is 12.5. The molecule has 0 bridgehead atoms. The van der Waals surface area contributed by atoms with E-state index >= 15 is 0 Å². The van der Waals surface area contributed by atoms with Crippen LogP contribution in [0.25, 0.3) is 0 Å². The van der Waals surface area contributed by atoms with Gasteiger partial charge in [-0.15, -0.1) is 0 Å².